The van der Waals surface area contributed by atoms with Gasteiger partial charge in [-0.25, -0.2) is 4.98 Å². The maximum atomic E-state index is 12.6. The number of hydrogen-bond donors (Lipinski definition) is 2. The molecule has 2 N–H and O–H groups in total. The van der Waals surface area contributed by atoms with E-state index in [1.54, 1.807) is 30.5 Å². The van der Waals surface area contributed by atoms with Crippen molar-refractivity contribution < 1.29 is 24.2 Å². The zero-order valence-corrected chi connectivity index (χ0v) is 19.5. The van der Waals surface area contributed by atoms with Gasteiger partial charge in [0, 0.05) is 12.1 Å². The van der Waals surface area contributed by atoms with Crippen molar-refractivity contribution in [1.29, 1.82) is 0 Å². The maximum absolute atomic E-state index is 12.6. The fourth-order valence-corrected chi connectivity index (χ4v) is 3.95. The number of hydrogen-bond acceptors (Lipinski definition) is 7. The van der Waals surface area contributed by atoms with Crippen LogP contribution in [0.15, 0.2) is 60.9 Å². The molecule has 0 radical (unpaired) electrons. The SMILES string of the molecule is CCOc1ccccc1O[C@@H]1CCCN(c2cncc(NC(=O)c3ccc(CC(=O)O)cc3)n2)C1. The number of nitrogens with one attached hydrogen (secondary N) is 1. The number of aromatic nitrogens is 2. The molecule has 1 amide bonds. The van der Waals surface area contributed by atoms with Crippen LogP contribution in [0, 0.1) is 0 Å². The van der Waals surface area contributed by atoms with Crippen molar-refractivity contribution in [2.45, 2.75) is 32.3 Å². The summed E-state index contributed by atoms with van der Waals surface area (Å²) in [6.07, 6.45) is 4.90. The summed E-state index contributed by atoms with van der Waals surface area (Å²) in [4.78, 5) is 34.4. The second-order valence-corrected chi connectivity index (χ2v) is 8.19. The van der Waals surface area contributed by atoms with Crippen LogP contribution >= 0.6 is 0 Å². The molecule has 35 heavy (non-hydrogen) atoms. The van der Waals surface area contributed by atoms with Crippen molar-refractivity contribution in [3.05, 3.63) is 72.1 Å². The van der Waals surface area contributed by atoms with Crippen molar-refractivity contribution in [3.63, 3.8) is 0 Å². The number of benzene rings is 2. The monoisotopic (exact) mass is 476 g/mol. The van der Waals surface area contributed by atoms with E-state index in [1.165, 1.54) is 6.20 Å². The van der Waals surface area contributed by atoms with Gasteiger partial charge in [0.15, 0.2) is 17.3 Å². The summed E-state index contributed by atoms with van der Waals surface area (Å²) in [7, 11) is 0. The van der Waals surface area contributed by atoms with Crippen LogP contribution in [0.1, 0.15) is 35.7 Å². The molecule has 0 bridgehead atoms. The number of carboxylic acids is 1. The molecule has 1 aliphatic rings. The Bertz CT molecular complexity index is 1170. The first-order valence-corrected chi connectivity index (χ1v) is 11.6. The molecule has 182 valence electrons. The number of ether oxygens (including phenoxy) is 2. The Hall–Kier alpha value is -4.14. The van der Waals surface area contributed by atoms with E-state index >= 15 is 0 Å². The minimum atomic E-state index is -0.918. The third-order valence-electron chi connectivity index (χ3n) is 5.58. The van der Waals surface area contributed by atoms with E-state index in [0.717, 1.165) is 30.9 Å². The van der Waals surface area contributed by atoms with Crippen LogP contribution in [0.4, 0.5) is 11.6 Å². The van der Waals surface area contributed by atoms with E-state index < -0.39 is 5.97 Å². The van der Waals surface area contributed by atoms with Gasteiger partial charge in [0.25, 0.3) is 5.91 Å². The number of aliphatic carboxylic acids is 1. The van der Waals surface area contributed by atoms with E-state index in [4.69, 9.17) is 14.6 Å². The highest BCUT2D eigenvalue weighted by molar-refractivity contribution is 6.03. The van der Waals surface area contributed by atoms with Gasteiger partial charge in [-0.15, -0.1) is 0 Å². The lowest BCUT2D eigenvalue weighted by molar-refractivity contribution is -0.136. The number of carboxylic acid groups (broad SMARTS) is 1. The molecule has 1 saturated heterocycles. The van der Waals surface area contributed by atoms with E-state index in [2.05, 4.69) is 20.2 Å². The van der Waals surface area contributed by atoms with Gasteiger partial charge in [0.05, 0.1) is 32.0 Å². The van der Waals surface area contributed by atoms with Crippen LogP contribution in [-0.4, -0.2) is 52.8 Å². The number of piperidine rings is 1. The Morgan fingerprint density at radius 1 is 1.11 bits per heavy atom. The third kappa shape index (κ3) is 6.47. The van der Waals surface area contributed by atoms with Crippen molar-refractivity contribution in [2.75, 3.05) is 29.9 Å². The first-order valence-electron chi connectivity index (χ1n) is 11.6. The predicted molar refractivity (Wildman–Crippen MR) is 131 cm³/mol. The Kier molecular flexibility index (Phi) is 7.77. The van der Waals surface area contributed by atoms with Gasteiger partial charge < -0.3 is 24.8 Å². The second kappa shape index (κ2) is 11.3. The predicted octanol–water partition coefficient (Wildman–Crippen LogP) is 3.80. The van der Waals surface area contributed by atoms with Crippen LogP contribution in [-0.2, 0) is 11.2 Å². The molecule has 1 atom stereocenters. The number of carbonyl (C=O) groups excluding carboxylic acids is 1. The summed E-state index contributed by atoms with van der Waals surface area (Å²) < 4.78 is 11.9. The zero-order valence-electron chi connectivity index (χ0n) is 19.5. The highest BCUT2D eigenvalue weighted by atomic mass is 16.5. The van der Waals surface area contributed by atoms with Gasteiger partial charge in [-0.3, -0.25) is 14.6 Å². The molecule has 0 unspecified atom stereocenters. The Labute approximate surface area is 203 Å². The van der Waals surface area contributed by atoms with Crippen LogP contribution in [0.25, 0.3) is 0 Å². The van der Waals surface area contributed by atoms with Crippen LogP contribution in [0.5, 0.6) is 11.5 Å². The van der Waals surface area contributed by atoms with Gasteiger partial charge in [-0.1, -0.05) is 24.3 Å². The molecule has 0 saturated carbocycles. The molecule has 3 aromatic rings. The quantitative estimate of drug-likeness (QED) is 0.479. The molecule has 0 spiro atoms. The van der Waals surface area contributed by atoms with E-state index in [-0.39, 0.29) is 18.4 Å². The lowest BCUT2D eigenvalue weighted by atomic mass is 10.1. The average molecular weight is 477 g/mol. The van der Waals surface area contributed by atoms with Crippen molar-refractivity contribution in [3.8, 4) is 11.5 Å². The molecule has 0 aliphatic carbocycles. The smallest absolute Gasteiger partial charge is 0.307 e. The van der Waals surface area contributed by atoms with Crippen molar-refractivity contribution in [1.82, 2.24) is 9.97 Å². The van der Waals surface area contributed by atoms with Crippen LogP contribution < -0.4 is 19.7 Å². The standard InChI is InChI=1S/C26H28N4O5/c1-2-34-21-7-3-4-8-22(21)35-20-6-5-13-30(17-20)24-16-27-15-23(28-24)29-26(33)19-11-9-18(10-12-19)14-25(31)32/h3-4,7-12,15-16,20H,2,5-6,13-14,17H2,1H3,(H,31,32)(H,28,29,33)/t20-/m1/s1. The Balaban J connectivity index is 1.40. The number of rotatable bonds is 9. The Morgan fingerprint density at radius 2 is 1.89 bits per heavy atom. The minimum absolute atomic E-state index is 0.0327. The summed E-state index contributed by atoms with van der Waals surface area (Å²) in [5.41, 5.74) is 1.03. The van der Waals surface area contributed by atoms with Crippen molar-refractivity contribution in [2.24, 2.45) is 0 Å². The molecule has 2 aromatic carbocycles. The summed E-state index contributed by atoms with van der Waals surface area (Å²) >= 11 is 0. The van der Waals surface area contributed by atoms with Gasteiger partial charge in [0.1, 0.15) is 11.9 Å². The summed E-state index contributed by atoms with van der Waals surface area (Å²) in [5, 5.41) is 11.7. The van der Waals surface area contributed by atoms with Crippen LogP contribution in [0.3, 0.4) is 0 Å². The molecule has 2 heterocycles. The zero-order chi connectivity index (χ0) is 24.6. The lowest BCUT2D eigenvalue weighted by Gasteiger charge is -2.33. The molecule has 1 fully saturated rings. The normalized spacial score (nSPS) is 15.3. The first kappa shape index (κ1) is 24.0. The van der Waals surface area contributed by atoms with E-state index in [9.17, 15) is 9.59 Å². The van der Waals surface area contributed by atoms with Crippen LogP contribution in [0.2, 0.25) is 0 Å². The first-order chi connectivity index (χ1) is 17.0. The fourth-order valence-electron chi connectivity index (χ4n) is 3.95. The van der Waals surface area contributed by atoms with Gasteiger partial charge >= 0.3 is 5.97 Å². The second-order valence-electron chi connectivity index (χ2n) is 8.19. The highest BCUT2D eigenvalue weighted by Gasteiger charge is 2.24. The number of nitrogens with zero attached hydrogens (tertiary/aromatic N) is 3. The molecule has 9 nitrogen and oxygen atoms in total. The summed E-state index contributed by atoms with van der Waals surface area (Å²) in [5.74, 6) is 1.19. The highest BCUT2D eigenvalue weighted by Crippen LogP contribution is 2.30. The molecule has 1 aliphatic heterocycles. The van der Waals surface area contributed by atoms with E-state index in [1.807, 2.05) is 31.2 Å². The number of amides is 1. The summed E-state index contributed by atoms with van der Waals surface area (Å²) in [6, 6.07) is 14.1. The summed E-state index contributed by atoms with van der Waals surface area (Å²) in [6.45, 7) is 3.96. The number of anilines is 2. The minimum Gasteiger partial charge on any atom is -0.490 e. The molecular formula is C26H28N4O5. The molecular weight excluding hydrogens is 448 g/mol. The maximum Gasteiger partial charge on any atom is 0.307 e. The molecule has 9 heteroatoms. The molecule has 4 rings (SSSR count). The van der Waals surface area contributed by atoms with Gasteiger partial charge in [0.2, 0.25) is 0 Å². The molecule has 1 aromatic heterocycles. The largest absolute Gasteiger partial charge is 0.490 e. The van der Waals surface area contributed by atoms with Crippen molar-refractivity contribution >= 4 is 23.5 Å². The lowest BCUT2D eigenvalue weighted by Crippen LogP contribution is -2.41. The number of para-hydroxylation sites is 2. The average Bonchev–Trinajstić information content (AvgIpc) is 2.86. The van der Waals surface area contributed by atoms with Gasteiger partial charge in [-0.05, 0) is 49.6 Å². The van der Waals surface area contributed by atoms with Gasteiger partial charge in [-0.2, -0.15) is 0 Å². The third-order valence-corrected chi connectivity index (χ3v) is 5.58. The fraction of sp³-hybridized carbons (Fsp3) is 0.308. The topological polar surface area (TPSA) is 114 Å². The number of carbonyl (C=O) groups is 2. The Morgan fingerprint density at radius 3 is 2.63 bits per heavy atom. The van der Waals surface area contributed by atoms with E-state index in [0.29, 0.717) is 35.9 Å².